The molecule has 0 aromatic heterocycles. The number of amides is 4. The maximum Gasteiger partial charge on any atom is 0.325 e. The average Bonchev–Trinajstić information content (AvgIpc) is 2.79. The van der Waals surface area contributed by atoms with E-state index in [4.69, 9.17) is 0 Å². The second-order valence-electron chi connectivity index (χ2n) is 9.05. The number of urea groups is 1. The zero-order valence-corrected chi connectivity index (χ0v) is 17.0. The highest BCUT2D eigenvalue weighted by atomic mass is 16.2. The van der Waals surface area contributed by atoms with E-state index in [1.807, 2.05) is 0 Å². The highest BCUT2D eigenvalue weighted by Crippen LogP contribution is 2.45. The number of nitrogens with one attached hydrogen (secondary N) is 2. The van der Waals surface area contributed by atoms with Crippen molar-refractivity contribution in [3.05, 3.63) is 0 Å². The van der Waals surface area contributed by atoms with Crippen LogP contribution in [0.15, 0.2) is 0 Å². The van der Waals surface area contributed by atoms with E-state index in [1.165, 1.54) is 0 Å². The van der Waals surface area contributed by atoms with Gasteiger partial charge in [-0.25, -0.2) is 4.79 Å². The van der Waals surface area contributed by atoms with Crippen molar-refractivity contribution in [3.63, 3.8) is 0 Å². The van der Waals surface area contributed by atoms with Crippen molar-refractivity contribution >= 4 is 17.8 Å². The van der Waals surface area contributed by atoms with Gasteiger partial charge in [0.25, 0.3) is 5.91 Å². The summed E-state index contributed by atoms with van der Waals surface area (Å²) in [4.78, 5) is 38.4. The van der Waals surface area contributed by atoms with E-state index in [2.05, 4.69) is 45.3 Å². The number of nitrogens with zero attached hydrogens (tertiary/aromatic N) is 1. The summed E-state index contributed by atoms with van der Waals surface area (Å²) >= 11 is 0. The van der Waals surface area contributed by atoms with E-state index in [0.29, 0.717) is 31.2 Å². The first-order chi connectivity index (χ1) is 12.1. The summed E-state index contributed by atoms with van der Waals surface area (Å²) in [5.41, 5.74) is -0.543. The maximum absolute atomic E-state index is 12.9. The van der Waals surface area contributed by atoms with Crippen molar-refractivity contribution in [3.8, 4) is 0 Å². The lowest BCUT2D eigenvalue weighted by Gasteiger charge is -2.42. The van der Waals surface area contributed by atoms with Crippen molar-refractivity contribution in [1.82, 2.24) is 15.5 Å². The monoisotopic (exact) mass is 365 g/mol. The van der Waals surface area contributed by atoms with Crippen LogP contribution in [-0.4, -0.2) is 41.4 Å². The Bertz CT molecular complexity index is 549. The smallest absolute Gasteiger partial charge is 0.325 e. The van der Waals surface area contributed by atoms with Crippen LogP contribution in [0.5, 0.6) is 0 Å². The SMILES string of the molecule is CCC(C)(C)C1CCC2(CC1)NC(=O)N(CC(=O)NCCC(C)C)C2=O. The molecule has 148 valence electrons. The molecule has 0 unspecified atom stereocenters. The zero-order chi connectivity index (χ0) is 19.5. The summed E-state index contributed by atoms with van der Waals surface area (Å²) in [6.07, 6.45) is 5.18. The van der Waals surface area contributed by atoms with Gasteiger partial charge in [0.15, 0.2) is 0 Å². The molecule has 0 bridgehead atoms. The van der Waals surface area contributed by atoms with Gasteiger partial charge < -0.3 is 10.6 Å². The van der Waals surface area contributed by atoms with Gasteiger partial charge in [0.05, 0.1) is 0 Å². The van der Waals surface area contributed by atoms with Crippen molar-refractivity contribution in [2.45, 2.75) is 78.7 Å². The molecule has 26 heavy (non-hydrogen) atoms. The van der Waals surface area contributed by atoms with Gasteiger partial charge >= 0.3 is 6.03 Å². The molecular formula is C20H35N3O3. The Hall–Kier alpha value is -1.59. The van der Waals surface area contributed by atoms with Gasteiger partial charge in [-0.05, 0) is 49.4 Å². The minimum Gasteiger partial charge on any atom is -0.355 e. The van der Waals surface area contributed by atoms with Crippen LogP contribution >= 0.6 is 0 Å². The number of imide groups is 1. The third-order valence-electron chi connectivity index (χ3n) is 6.45. The van der Waals surface area contributed by atoms with Gasteiger partial charge in [-0.1, -0.05) is 41.0 Å². The fourth-order valence-corrected chi connectivity index (χ4v) is 4.04. The largest absolute Gasteiger partial charge is 0.355 e. The first-order valence-electron chi connectivity index (χ1n) is 10.0. The predicted molar refractivity (Wildman–Crippen MR) is 101 cm³/mol. The van der Waals surface area contributed by atoms with E-state index < -0.39 is 11.6 Å². The van der Waals surface area contributed by atoms with Crippen LogP contribution in [0.25, 0.3) is 0 Å². The van der Waals surface area contributed by atoms with E-state index in [1.54, 1.807) is 0 Å². The second kappa shape index (κ2) is 7.97. The molecule has 1 aliphatic carbocycles. The number of rotatable bonds is 7. The van der Waals surface area contributed by atoms with Crippen molar-refractivity contribution in [1.29, 1.82) is 0 Å². The van der Waals surface area contributed by atoms with Crippen LogP contribution in [0.4, 0.5) is 4.79 Å². The fourth-order valence-electron chi connectivity index (χ4n) is 4.04. The Morgan fingerprint density at radius 3 is 2.46 bits per heavy atom. The molecule has 0 radical (unpaired) electrons. The molecule has 4 amide bonds. The quantitative estimate of drug-likeness (QED) is 0.681. The first kappa shape index (κ1) is 20.7. The number of hydrogen-bond acceptors (Lipinski definition) is 3. The molecule has 1 spiro atoms. The molecule has 0 aromatic rings. The lowest BCUT2D eigenvalue weighted by atomic mass is 9.65. The van der Waals surface area contributed by atoms with E-state index in [9.17, 15) is 14.4 Å². The number of hydrogen-bond donors (Lipinski definition) is 2. The van der Waals surface area contributed by atoms with Gasteiger partial charge in [-0.15, -0.1) is 0 Å². The topological polar surface area (TPSA) is 78.5 Å². The van der Waals surface area contributed by atoms with Crippen LogP contribution in [0.3, 0.4) is 0 Å². The predicted octanol–water partition coefficient (Wildman–Crippen LogP) is 3.07. The number of carbonyl (C=O) groups is 3. The van der Waals surface area contributed by atoms with Crippen molar-refractivity contribution < 1.29 is 14.4 Å². The molecule has 0 aromatic carbocycles. The molecule has 1 saturated heterocycles. The minimum atomic E-state index is -0.796. The molecular weight excluding hydrogens is 330 g/mol. The zero-order valence-electron chi connectivity index (χ0n) is 17.0. The highest BCUT2D eigenvalue weighted by Gasteiger charge is 2.53. The highest BCUT2D eigenvalue weighted by molar-refractivity contribution is 6.09. The molecule has 2 fully saturated rings. The summed E-state index contributed by atoms with van der Waals surface area (Å²) in [5, 5.41) is 5.69. The summed E-state index contributed by atoms with van der Waals surface area (Å²) in [5.74, 6) is 0.565. The van der Waals surface area contributed by atoms with Crippen molar-refractivity contribution in [2.24, 2.45) is 17.3 Å². The van der Waals surface area contributed by atoms with Crippen LogP contribution in [0.1, 0.15) is 73.1 Å². The first-order valence-corrected chi connectivity index (χ1v) is 10.0. The second-order valence-corrected chi connectivity index (χ2v) is 9.05. The number of carbonyl (C=O) groups excluding carboxylic acids is 3. The van der Waals surface area contributed by atoms with E-state index in [0.717, 1.165) is 30.6 Å². The lowest BCUT2D eigenvalue weighted by Crippen LogP contribution is -2.51. The summed E-state index contributed by atoms with van der Waals surface area (Å²) in [6, 6.07) is -0.429. The van der Waals surface area contributed by atoms with Gasteiger partial charge in [0.2, 0.25) is 5.91 Å². The Labute approximate surface area is 157 Å². The Balaban J connectivity index is 1.93. The molecule has 2 rings (SSSR count). The van der Waals surface area contributed by atoms with Crippen LogP contribution in [0, 0.1) is 17.3 Å². The molecule has 1 aliphatic heterocycles. The molecule has 0 atom stereocenters. The Morgan fingerprint density at radius 2 is 1.92 bits per heavy atom. The third-order valence-corrected chi connectivity index (χ3v) is 6.45. The average molecular weight is 366 g/mol. The van der Waals surface area contributed by atoms with Gasteiger partial charge in [0, 0.05) is 6.54 Å². The third kappa shape index (κ3) is 4.38. The minimum absolute atomic E-state index is 0.186. The molecule has 2 N–H and O–H groups in total. The molecule has 6 nitrogen and oxygen atoms in total. The summed E-state index contributed by atoms with van der Waals surface area (Å²) in [6.45, 7) is 11.3. The normalized spacial score (nSPS) is 26.5. The van der Waals surface area contributed by atoms with Gasteiger partial charge in [-0.3, -0.25) is 14.5 Å². The Morgan fingerprint density at radius 1 is 1.31 bits per heavy atom. The van der Waals surface area contributed by atoms with Crippen LogP contribution in [-0.2, 0) is 9.59 Å². The standard InChI is InChI=1S/C20H35N3O3/c1-6-19(4,5)15-7-10-20(11-8-15)17(25)23(18(26)22-20)13-16(24)21-12-9-14(2)3/h14-15H,6-13H2,1-5H3,(H,21,24)(H,22,26). The summed E-state index contributed by atoms with van der Waals surface area (Å²) in [7, 11) is 0. The Kier molecular flexibility index (Phi) is 6.35. The fraction of sp³-hybridized carbons (Fsp3) is 0.850. The summed E-state index contributed by atoms with van der Waals surface area (Å²) < 4.78 is 0. The van der Waals surface area contributed by atoms with E-state index in [-0.39, 0.29) is 23.8 Å². The van der Waals surface area contributed by atoms with Crippen molar-refractivity contribution in [2.75, 3.05) is 13.1 Å². The van der Waals surface area contributed by atoms with Gasteiger partial charge in [-0.2, -0.15) is 0 Å². The molecule has 1 heterocycles. The molecule has 1 saturated carbocycles. The van der Waals surface area contributed by atoms with Crippen LogP contribution in [0.2, 0.25) is 0 Å². The van der Waals surface area contributed by atoms with Crippen LogP contribution < -0.4 is 10.6 Å². The molecule has 6 heteroatoms. The lowest BCUT2D eigenvalue weighted by molar-refractivity contribution is -0.136. The maximum atomic E-state index is 12.9. The van der Waals surface area contributed by atoms with Gasteiger partial charge in [0.1, 0.15) is 12.1 Å². The molecule has 2 aliphatic rings. The van der Waals surface area contributed by atoms with E-state index >= 15 is 0 Å².